The van der Waals surface area contributed by atoms with Crippen LogP contribution in [-0.2, 0) is 9.84 Å². The normalized spacial score (nSPS) is 13.2. The topological polar surface area (TPSA) is 89.0 Å². The molecule has 0 aliphatic carbocycles. The lowest BCUT2D eigenvalue weighted by Crippen LogP contribution is -2.43. The van der Waals surface area contributed by atoms with E-state index in [4.69, 9.17) is 9.47 Å². The molecule has 0 aliphatic rings. The summed E-state index contributed by atoms with van der Waals surface area (Å²) in [5.74, 6) is 2.23. The zero-order chi connectivity index (χ0) is 18.0. The highest BCUT2D eigenvalue weighted by Gasteiger charge is 2.09. The molecule has 7 nitrogen and oxygen atoms in total. The summed E-state index contributed by atoms with van der Waals surface area (Å²) in [6.07, 6.45) is -0.102. The van der Waals surface area contributed by atoms with Crippen LogP contribution < -0.4 is 20.1 Å². The fourth-order valence-electron chi connectivity index (χ4n) is 1.88. The van der Waals surface area contributed by atoms with Gasteiger partial charge in [0.05, 0.1) is 19.4 Å². The number of nitrogens with one attached hydrogen (secondary N) is 2. The largest absolute Gasteiger partial charge is 0.497 e. The number of sulfone groups is 1. The third kappa shape index (κ3) is 7.54. The van der Waals surface area contributed by atoms with Gasteiger partial charge in [0.2, 0.25) is 0 Å². The highest BCUT2D eigenvalue weighted by molar-refractivity contribution is 7.91. The lowest BCUT2D eigenvalue weighted by Gasteiger charge is -2.18. The van der Waals surface area contributed by atoms with Crippen molar-refractivity contribution in [2.45, 2.75) is 20.0 Å². The van der Waals surface area contributed by atoms with Gasteiger partial charge in [-0.3, -0.25) is 4.99 Å². The van der Waals surface area contributed by atoms with E-state index in [1.54, 1.807) is 21.1 Å². The van der Waals surface area contributed by atoms with Gasteiger partial charge in [-0.2, -0.15) is 0 Å². The molecular weight excluding hydrogens is 330 g/mol. The maximum atomic E-state index is 11.5. The lowest BCUT2D eigenvalue weighted by molar-refractivity contribution is 0.223. The van der Waals surface area contributed by atoms with Gasteiger partial charge in [0.15, 0.2) is 15.8 Å². The van der Waals surface area contributed by atoms with Crippen LogP contribution in [0.4, 0.5) is 0 Å². The Hall–Kier alpha value is -1.96. The molecule has 8 heteroatoms. The van der Waals surface area contributed by atoms with Crippen molar-refractivity contribution in [2.24, 2.45) is 4.99 Å². The Labute approximate surface area is 144 Å². The molecule has 24 heavy (non-hydrogen) atoms. The van der Waals surface area contributed by atoms with Crippen LogP contribution in [0, 0.1) is 0 Å². The summed E-state index contributed by atoms with van der Waals surface area (Å²) < 4.78 is 33.9. The summed E-state index contributed by atoms with van der Waals surface area (Å²) in [6.45, 7) is 4.42. The lowest BCUT2D eigenvalue weighted by atomic mass is 10.3. The van der Waals surface area contributed by atoms with E-state index in [-0.39, 0.29) is 17.6 Å². The molecular formula is C16H27N3O4S. The van der Waals surface area contributed by atoms with Crippen molar-refractivity contribution >= 4 is 15.8 Å². The van der Waals surface area contributed by atoms with E-state index < -0.39 is 9.84 Å². The first-order valence-corrected chi connectivity index (χ1v) is 9.68. The summed E-state index contributed by atoms with van der Waals surface area (Å²) in [5.41, 5.74) is 0. The minimum Gasteiger partial charge on any atom is -0.497 e. The zero-order valence-electron chi connectivity index (χ0n) is 14.7. The molecule has 0 amide bonds. The molecule has 1 rings (SSSR count). The third-order valence-electron chi connectivity index (χ3n) is 3.30. The van der Waals surface area contributed by atoms with Gasteiger partial charge in [-0.05, 0) is 19.1 Å². The number of hydrogen-bond donors (Lipinski definition) is 2. The molecule has 0 fully saturated rings. The number of guanidine groups is 1. The minimum absolute atomic E-state index is 0.0834. The zero-order valence-corrected chi connectivity index (χ0v) is 15.5. The number of methoxy groups -OCH3 is 1. The molecule has 0 heterocycles. The molecule has 0 aromatic heterocycles. The second kappa shape index (κ2) is 10.0. The molecule has 0 bridgehead atoms. The van der Waals surface area contributed by atoms with E-state index in [1.807, 2.05) is 31.2 Å². The number of aliphatic imine (C=N–C) groups is 1. The van der Waals surface area contributed by atoms with E-state index >= 15 is 0 Å². The van der Waals surface area contributed by atoms with E-state index in [0.717, 1.165) is 11.5 Å². The standard InChI is InChI=1S/C16H27N3O4S/c1-5-24(20,21)10-9-18-16(17-3)19-12-13(2)23-15-8-6-7-14(11-15)22-4/h6-8,11,13H,5,9-10,12H2,1-4H3,(H2,17,18,19). The summed E-state index contributed by atoms with van der Waals surface area (Å²) >= 11 is 0. The second-order valence-electron chi connectivity index (χ2n) is 5.22. The molecule has 2 N–H and O–H groups in total. The highest BCUT2D eigenvalue weighted by atomic mass is 32.2. The Morgan fingerprint density at radius 3 is 2.62 bits per heavy atom. The summed E-state index contributed by atoms with van der Waals surface area (Å²) in [4.78, 5) is 4.06. The molecule has 1 atom stereocenters. The molecule has 0 spiro atoms. The summed E-state index contributed by atoms with van der Waals surface area (Å²) in [7, 11) is 0.262. The Morgan fingerprint density at radius 1 is 1.29 bits per heavy atom. The Morgan fingerprint density at radius 2 is 2.00 bits per heavy atom. The predicted octanol–water partition coefficient (Wildman–Crippen LogP) is 1.06. The predicted molar refractivity (Wildman–Crippen MR) is 96.8 cm³/mol. The Balaban J connectivity index is 2.39. The fourth-order valence-corrected chi connectivity index (χ4v) is 2.58. The van der Waals surface area contributed by atoms with Crippen LogP contribution in [0.5, 0.6) is 11.5 Å². The van der Waals surface area contributed by atoms with Crippen LogP contribution in [0.3, 0.4) is 0 Å². The van der Waals surface area contributed by atoms with Gasteiger partial charge in [-0.25, -0.2) is 8.42 Å². The van der Waals surface area contributed by atoms with Crippen LogP contribution in [0.25, 0.3) is 0 Å². The van der Waals surface area contributed by atoms with Gasteiger partial charge in [0.1, 0.15) is 17.6 Å². The Kier molecular flexibility index (Phi) is 8.39. The van der Waals surface area contributed by atoms with E-state index in [1.165, 1.54) is 0 Å². The Bertz CT molecular complexity index is 632. The van der Waals surface area contributed by atoms with Crippen LogP contribution >= 0.6 is 0 Å². The van der Waals surface area contributed by atoms with Crippen LogP contribution in [0.1, 0.15) is 13.8 Å². The first-order valence-electron chi connectivity index (χ1n) is 7.85. The van der Waals surface area contributed by atoms with Crippen molar-refractivity contribution in [3.63, 3.8) is 0 Å². The maximum Gasteiger partial charge on any atom is 0.191 e. The molecule has 0 radical (unpaired) electrons. The highest BCUT2D eigenvalue weighted by Crippen LogP contribution is 2.19. The summed E-state index contributed by atoms with van der Waals surface area (Å²) in [5, 5.41) is 6.09. The number of benzene rings is 1. The van der Waals surface area contributed by atoms with Crippen LogP contribution in [-0.4, -0.2) is 59.2 Å². The molecule has 1 aromatic carbocycles. The molecule has 1 aromatic rings. The van der Waals surface area contributed by atoms with Crippen molar-refractivity contribution in [3.8, 4) is 11.5 Å². The SMILES string of the molecule is CCS(=O)(=O)CCNC(=NC)NCC(C)Oc1cccc(OC)c1. The van der Waals surface area contributed by atoms with Gasteiger partial charge < -0.3 is 20.1 Å². The van der Waals surface area contributed by atoms with Gasteiger partial charge in [-0.15, -0.1) is 0 Å². The van der Waals surface area contributed by atoms with Crippen LogP contribution in [0.2, 0.25) is 0 Å². The molecule has 0 aliphatic heterocycles. The van der Waals surface area contributed by atoms with Gasteiger partial charge in [0, 0.05) is 25.4 Å². The van der Waals surface area contributed by atoms with Gasteiger partial charge >= 0.3 is 0 Å². The first-order chi connectivity index (χ1) is 11.4. The van der Waals surface area contributed by atoms with Crippen molar-refractivity contribution < 1.29 is 17.9 Å². The smallest absolute Gasteiger partial charge is 0.191 e. The number of nitrogens with zero attached hydrogens (tertiary/aromatic N) is 1. The number of rotatable bonds is 9. The number of ether oxygens (including phenoxy) is 2. The first kappa shape index (κ1) is 20.1. The average Bonchev–Trinajstić information content (AvgIpc) is 2.58. The molecule has 0 saturated carbocycles. The van der Waals surface area contributed by atoms with Crippen LogP contribution in [0.15, 0.2) is 29.3 Å². The minimum atomic E-state index is -2.98. The van der Waals surface area contributed by atoms with Crippen molar-refractivity contribution in [1.82, 2.24) is 10.6 Å². The van der Waals surface area contributed by atoms with E-state index in [9.17, 15) is 8.42 Å². The second-order valence-corrected chi connectivity index (χ2v) is 7.70. The van der Waals surface area contributed by atoms with Crippen molar-refractivity contribution in [1.29, 1.82) is 0 Å². The molecule has 0 saturated heterocycles. The number of hydrogen-bond acceptors (Lipinski definition) is 5. The maximum absolute atomic E-state index is 11.5. The fraction of sp³-hybridized carbons (Fsp3) is 0.562. The van der Waals surface area contributed by atoms with Gasteiger partial charge in [0.25, 0.3) is 0 Å². The van der Waals surface area contributed by atoms with Crippen molar-refractivity contribution in [2.75, 3.05) is 38.8 Å². The summed E-state index contributed by atoms with van der Waals surface area (Å²) in [6, 6.07) is 7.40. The average molecular weight is 357 g/mol. The van der Waals surface area contributed by atoms with E-state index in [2.05, 4.69) is 15.6 Å². The monoisotopic (exact) mass is 357 g/mol. The van der Waals surface area contributed by atoms with Crippen molar-refractivity contribution in [3.05, 3.63) is 24.3 Å². The molecule has 1 unspecified atom stereocenters. The quantitative estimate of drug-likeness (QED) is 0.507. The third-order valence-corrected chi connectivity index (χ3v) is 5.01. The van der Waals surface area contributed by atoms with Gasteiger partial charge in [-0.1, -0.05) is 13.0 Å². The van der Waals surface area contributed by atoms with E-state index in [0.29, 0.717) is 19.0 Å². The molecule has 136 valence electrons.